The quantitative estimate of drug-likeness (QED) is 0.885. The molecular formula is C14H10ClFO2. The van der Waals surface area contributed by atoms with E-state index in [0.717, 1.165) is 5.56 Å². The Kier molecular flexibility index (Phi) is 3.34. The van der Waals surface area contributed by atoms with E-state index in [4.69, 9.17) is 16.7 Å². The second-order valence-electron chi connectivity index (χ2n) is 4.01. The number of rotatable bonds is 2. The van der Waals surface area contributed by atoms with E-state index in [-0.39, 0.29) is 10.6 Å². The third-order valence-corrected chi connectivity index (χ3v) is 2.80. The van der Waals surface area contributed by atoms with Gasteiger partial charge in [0.15, 0.2) is 0 Å². The highest BCUT2D eigenvalue weighted by Gasteiger charge is 2.13. The van der Waals surface area contributed by atoms with Gasteiger partial charge in [-0.3, -0.25) is 0 Å². The summed E-state index contributed by atoms with van der Waals surface area (Å²) in [5.41, 5.74) is 1.95. The Balaban J connectivity index is 2.68. The molecule has 2 rings (SSSR count). The third-order valence-electron chi connectivity index (χ3n) is 2.58. The molecule has 0 spiro atoms. The van der Waals surface area contributed by atoms with Crippen LogP contribution in [0.1, 0.15) is 15.9 Å². The van der Waals surface area contributed by atoms with Crippen molar-refractivity contribution in [2.45, 2.75) is 6.92 Å². The van der Waals surface area contributed by atoms with Crippen LogP contribution >= 0.6 is 11.6 Å². The first-order valence-electron chi connectivity index (χ1n) is 5.28. The van der Waals surface area contributed by atoms with Crippen LogP contribution in [0.15, 0.2) is 36.4 Å². The predicted molar refractivity (Wildman–Crippen MR) is 68.5 cm³/mol. The minimum atomic E-state index is -1.05. The van der Waals surface area contributed by atoms with Crippen LogP contribution in [0.2, 0.25) is 5.02 Å². The molecule has 0 fully saturated rings. The van der Waals surface area contributed by atoms with E-state index in [0.29, 0.717) is 11.1 Å². The number of benzene rings is 2. The second kappa shape index (κ2) is 4.78. The van der Waals surface area contributed by atoms with Gasteiger partial charge in [0.25, 0.3) is 0 Å². The molecule has 0 bridgehead atoms. The average molecular weight is 265 g/mol. The van der Waals surface area contributed by atoms with Crippen molar-refractivity contribution in [3.63, 3.8) is 0 Å². The molecule has 92 valence electrons. The topological polar surface area (TPSA) is 37.3 Å². The summed E-state index contributed by atoms with van der Waals surface area (Å²) in [4.78, 5) is 11.1. The van der Waals surface area contributed by atoms with Gasteiger partial charge in [0, 0.05) is 5.02 Å². The fourth-order valence-electron chi connectivity index (χ4n) is 1.79. The van der Waals surface area contributed by atoms with Gasteiger partial charge in [-0.2, -0.15) is 0 Å². The number of hydrogen-bond acceptors (Lipinski definition) is 1. The summed E-state index contributed by atoms with van der Waals surface area (Å²) >= 11 is 5.78. The van der Waals surface area contributed by atoms with Crippen LogP contribution in [0.5, 0.6) is 0 Å². The summed E-state index contributed by atoms with van der Waals surface area (Å²) in [5, 5.41) is 9.37. The summed E-state index contributed by atoms with van der Waals surface area (Å²) in [5.74, 6) is -1.54. The second-order valence-corrected chi connectivity index (χ2v) is 4.45. The van der Waals surface area contributed by atoms with E-state index < -0.39 is 11.8 Å². The first-order valence-corrected chi connectivity index (χ1v) is 5.65. The van der Waals surface area contributed by atoms with Gasteiger partial charge in [-0.15, -0.1) is 0 Å². The van der Waals surface area contributed by atoms with E-state index in [1.807, 2.05) is 6.92 Å². The highest BCUT2D eigenvalue weighted by Crippen LogP contribution is 2.28. The van der Waals surface area contributed by atoms with Gasteiger partial charge in [-0.25, -0.2) is 9.18 Å². The smallest absolute Gasteiger partial charge is 0.336 e. The highest BCUT2D eigenvalue weighted by atomic mass is 35.5. The van der Waals surface area contributed by atoms with Crippen LogP contribution in [0.4, 0.5) is 4.39 Å². The summed E-state index contributed by atoms with van der Waals surface area (Å²) in [7, 11) is 0. The SMILES string of the molecule is Cc1ccc(C(=O)O)c(-c2cc(F)cc(Cl)c2)c1. The van der Waals surface area contributed by atoms with Crippen molar-refractivity contribution in [1.82, 2.24) is 0 Å². The van der Waals surface area contributed by atoms with Crippen LogP contribution in [0.25, 0.3) is 11.1 Å². The standard InChI is InChI=1S/C14H10ClFO2/c1-8-2-3-12(14(17)18)13(4-8)9-5-10(15)7-11(16)6-9/h2-7H,1H3,(H,17,18). The third kappa shape index (κ3) is 2.51. The van der Waals surface area contributed by atoms with Crippen molar-refractivity contribution < 1.29 is 14.3 Å². The lowest BCUT2D eigenvalue weighted by atomic mass is 9.97. The van der Waals surface area contributed by atoms with Gasteiger partial charge >= 0.3 is 5.97 Å². The van der Waals surface area contributed by atoms with E-state index in [2.05, 4.69) is 0 Å². The molecule has 2 nitrogen and oxygen atoms in total. The fraction of sp³-hybridized carbons (Fsp3) is 0.0714. The summed E-state index contributed by atoms with van der Waals surface area (Å²) < 4.78 is 13.3. The fourth-order valence-corrected chi connectivity index (χ4v) is 2.01. The van der Waals surface area contributed by atoms with Crippen LogP contribution in [0, 0.1) is 12.7 Å². The zero-order chi connectivity index (χ0) is 13.3. The molecule has 0 radical (unpaired) electrons. The van der Waals surface area contributed by atoms with Gasteiger partial charge in [-0.05, 0) is 42.3 Å². The van der Waals surface area contributed by atoms with E-state index >= 15 is 0 Å². The maximum absolute atomic E-state index is 13.3. The summed E-state index contributed by atoms with van der Waals surface area (Å²) in [6.45, 7) is 1.84. The molecule has 0 aromatic heterocycles. The summed E-state index contributed by atoms with van der Waals surface area (Å²) in [6.07, 6.45) is 0. The van der Waals surface area contributed by atoms with Gasteiger partial charge < -0.3 is 5.11 Å². The Morgan fingerprint density at radius 1 is 1.22 bits per heavy atom. The first-order chi connectivity index (χ1) is 8.47. The molecule has 0 amide bonds. The molecule has 0 atom stereocenters. The monoisotopic (exact) mass is 264 g/mol. The molecule has 2 aromatic carbocycles. The molecule has 0 saturated heterocycles. The Morgan fingerprint density at radius 3 is 2.56 bits per heavy atom. The highest BCUT2D eigenvalue weighted by molar-refractivity contribution is 6.30. The zero-order valence-corrected chi connectivity index (χ0v) is 10.3. The molecule has 0 aliphatic heterocycles. The Bertz CT molecular complexity index is 603. The normalized spacial score (nSPS) is 10.4. The molecule has 0 saturated carbocycles. The van der Waals surface area contributed by atoms with Crippen LogP contribution < -0.4 is 0 Å². The molecule has 1 N–H and O–H groups in total. The molecule has 2 aromatic rings. The van der Waals surface area contributed by atoms with E-state index in [1.165, 1.54) is 18.2 Å². The summed E-state index contributed by atoms with van der Waals surface area (Å²) in [6, 6.07) is 8.91. The number of aromatic carboxylic acids is 1. The molecule has 0 unspecified atom stereocenters. The minimum Gasteiger partial charge on any atom is -0.478 e. The Morgan fingerprint density at radius 2 is 1.94 bits per heavy atom. The maximum atomic E-state index is 13.3. The lowest BCUT2D eigenvalue weighted by molar-refractivity contribution is 0.0697. The molecular weight excluding hydrogens is 255 g/mol. The van der Waals surface area contributed by atoms with Crippen molar-refractivity contribution >= 4 is 17.6 Å². The lowest BCUT2D eigenvalue weighted by Gasteiger charge is -2.08. The number of carboxylic acids is 1. The lowest BCUT2D eigenvalue weighted by Crippen LogP contribution is -2.00. The molecule has 18 heavy (non-hydrogen) atoms. The van der Waals surface area contributed by atoms with Crippen molar-refractivity contribution in [2.24, 2.45) is 0 Å². The van der Waals surface area contributed by atoms with Crippen LogP contribution in [0.3, 0.4) is 0 Å². The Labute approximate surface area is 109 Å². The number of halogens is 2. The van der Waals surface area contributed by atoms with Crippen LogP contribution in [-0.2, 0) is 0 Å². The largest absolute Gasteiger partial charge is 0.478 e. The number of hydrogen-bond donors (Lipinski definition) is 1. The molecule has 4 heteroatoms. The zero-order valence-electron chi connectivity index (χ0n) is 9.58. The van der Waals surface area contributed by atoms with Gasteiger partial charge in [-0.1, -0.05) is 29.3 Å². The minimum absolute atomic E-state index is 0.127. The van der Waals surface area contributed by atoms with Gasteiger partial charge in [0.2, 0.25) is 0 Å². The number of carbonyl (C=O) groups is 1. The molecule has 0 aliphatic rings. The van der Waals surface area contributed by atoms with Gasteiger partial charge in [0.1, 0.15) is 5.82 Å². The predicted octanol–water partition coefficient (Wildman–Crippen LogP) is 4.15. The first kappa shape index (κ1) is 12.6. The van der Waals surface area contributed by atoms with E-state index in [9.17, 15) is 9.18 Å². The number of aryl methyl sites for hydroxylation is 1. The van der Waals surface area contributed by atoms with Crippen molar-refractivity contribution in [1.29, 1.82) is 0 Å². The van der Waals surface area contributed by atoms with Crippen molar-refractivity contribution in [3.05, 3.63) is 58.4 Å². The van der Waals surface area contributed by atoms with E-state index in [1.54, 1.807) is 18.2 Å². The molecule has 0 heterocycles. The maximum Gasteiger partial charge on any atom is 0.336 e. The van der Waals surface area contributed by atoms with Crippen LogP contribution in [-0.4, -0.2) is 11.1 Å². The Hall–Kier alpha value is -1.87. The van der Waals surface area contributed by atoms with Gasteiger partial charge in [0.05, 0.1) is 5.56 Å². The molecule has 0 aliphatic carbocycles. The number of carboxylic acid groups (broad SMARTS) is 1. The van der Waals surface area contributed by atoms with Crippen molar-refractivity contribution in [2.75, 3.05) is 0 Å². The average Bonchev–Trinajstić information content (AvgIpc) is 2.27. The van der Waals surface area contributed by atoms with Crippen molar-refractivity contribution in [3.8, 4) is 11.1 Å².